The van der Waals surface area contributed by atoms with Crippen LogP contribution in [0.4, 0.5) is 0 Å². The molecule has 1 saturated heterocycles. The van der Waals surface area contributed by atoms with E-state index in [2.05, 4.69) is 17.1 Å². The van der Waals surface area contributed by atoms with Crippen LogP contribution in [0.3, 0.4) is 0 Å². The molecule has 100 valence electrons. The van der Waals surface area contributed by atoms with Gasteiger partial charge in [0.05, 0.1) is 6.61 Å². The normalized spacial score (nSPS) is 21.8. The Bertz CT molecular complexity index is 227. The quantitative estimate of drug-likeness (QED) is 0.685. The maximum absolute atomic E-state index is 11.7. The Morgan fingerprint density at radius 1 is 1.53 bits per heavy atom. The van der Waals surface area contributed by atoms with Crippen molar-refractivity contribution in [3.05, 3.63) is 0 Å². The van der Waals surface area contributed by atoms with Crippen LogP contribution >= 0.6 is 0 Å². The van der Waals surface area contributed by atoms with E-state index in [1.165, 1.54) is 12.8 Å². The molecule has 2 atom stereocenters. The van der Waals surface area contributed by atoms with Crippen LogP contribution < -0.4 is 5.32 Å². The van der Waals surface area contributed by atoms with Gasteiger partial charge < -0.3 is 10.1 Å². The van der Waals surface area contributed by atoms with Crippen molar-refractivity contribution in [2.75, 3.05) is 26.2 Å². The first-order valence-corrected chi connectivity index (χ1v) is 6.83. The van der Waals surface area contributed by atoms with Crippen LogP contribution in [0, 0.1) is 0 Å². The van der Waals surface area contributed by atoms with Crippen molar-refractivity contribution in [1.82, 2.24) is 10.2 Å². The Labute approximate surface area is 105 Å². The van der Waals surface area contributed by atoms with E-state index in [1.54, 1.807) is 0 Å². The number of ether oxygens (including phenoxy) is 1. The van der Waals surface area contributed by atoms with Crippen molar-refractivity contribution in [3.8, 4) is 0 Å². The molecule has 1 aliphatic heterocycles. The van der Waals surface area contributed by atoms with E-state index in [4.69, 9.17) is 4.74 Å². The summed E-state index contributed by atoms with van der Waals surface area (Å²) in [5.74, 6) is -0.0982. The number of carbonyl (C=O) groups excluding carboxylic acids is 1. The van der Waals surface area contributed by atoms with E-state index in [0.29, 0.717) is 12.6 Å². The number of nitrogens with zero attached hydrogens (tertiary/aromatic N) is 1. The monoisotopic (exact) mass is 242 g/mol. The van der Waals surface area contributed by atoms with Crippen molar-refractivity contribution in [2.45, 2.75) is 52.1 Å². The van der Waals surface area contributed by atoms with Gasteiger partial charge in [-0.2, -0.15) is 0 Å². The molecule has 1 aliphatic rings. The van der Waals surface area contributed by atoms with Crippen LogP contribution in [0.25, 0.3) is 0 Å². The smallest absolute Gasteiger partial charge is 0.323 e. The number of rotatable bonds is 7. The average molecular weight is 242 g/mol. The highest BCUT2D eigenvalue weighted by molar-refractivity contribution is 5.75. The second-order valence-corrected chi connectivity index (χ2v) is 4.72. The molecule has 17 heavy (non-hydrogen) atoms. The van der Waals surface area contributed by atoms with E-state index in [9.17, 15) is 4.79 Å². The highest BCUT2D eigenvalue weighted by atomic mass is 16.5. The third kappa shape index (κ3) is 4.64. The zero-order chi connectivity index (χ0) is 12.7. The Morgan fingerprint density at radius 2 is 2.29 bits per heavy atom. The SMILES string of the molecule is CCCN(CC1CCCN1)C(C)C(=O)OCC. The minimum absolute atomic E-state index is 0.0982. The zero-order valence-corrected chi connectivity index (χ0v) is 11.4. The lowest BCUT2D eigenvalue weighted by atomic mass is 10.1. The molecule has 0 aromatic heterocycles. The van der Waals surface area contributed by atoms with E-state index in [1.807, 2.05) is 13.8 Å². The first-order chi connectivity index (χ1) is 8.19. The van der Waals surface area contributed by atoms with Crippen LogP contribution in [0.5, 0.6) is 0 Å². The van der Waals surface area contributed by atoms with Gasteiger partial charge in [0, 0.05) is 12.6 Å². The topological polar surface area (TPSA) is 41.6 Å². The molecule has 1 rings (SSSR count). The van der Waals surface area contributed by atoms with Crippen molar-refractivity contribution in [2.24, 2.45) is 0 Å². The second kappa shape index (κ2) is 7.67. The fraction of sp³-hybridized carbons (Fsp3) is 0.923. The van der Waals surface area contributed by atoms with Gasteiger partial charge in [-0.1, -0.05) is 6.92 Å². The van der Waals surface area contributed by atoms with Crippen LogP contribution in [-0.2, 0) is 9.53 Å². The average Bonchev–Trinajstić information content (AvgIpc) is 2.80. The van der Waals surface area contributed by atoms with Gasteiger partial charge in [0.1, 0.15) is 6.04 Å². The zero-order valence-electron chi connectivity index (χ0n) is 11.4. The maximum atomic E-state index is 11.7. The molecule has 0 amide bonds. The maximum Gasteiger partial charge on any atom is 0.323 e. The molecule has 2 unspecified atom stereocenters. The fourth-order valence-electron chi connectivity index (χ4n) is 2.34. The lowest BCUT2D eigenvalue weighted by molar-refractivity contribution is -0.149. The Hall–Kier alpha value is -0.610. The summed E-state index contributed by atoms with van der Waals surface area (Å²) in [6.45, 7) is 9.43. The molecule has 1 fully saturated rings. The highest BCUT2D eigenvalue weighted by Crippen LogP contribution is 2.10. The Morgan fingerprint density at radius 3 is 2.82 bits per heavy atom. The summed E-state index contributed by atoms with van der Waals surface area (Å²) in [6, 6.07) is 0.413. The number of hydrogen-bond donors (Lipinski definition) is 1. The largest absolute Gasteiger partial charge is 0.465 e. The summed E-state index contributed by atoms with van der Waals surface area (Å²) >= 11 is 0. The number of hydrogen-bond acceptors (Lipinski definition) is 4. The summed E-state index contributed by atoms with van der Waals surface area (Å²) < 4.78 is 5.09. The van der Waals surface area contributed by atoms with E-state index in [0.717, 1.165) is 26.1 Å². The molecule has 0 spiro atoms. The van der Waals surface area contributed by atoms with Crippen LogP contribution in [0.2, 0.25) is 0 Å². The molecule has 1 heterocycles. The summed E-state index contributed by atoms with van der Waals surface area (Å²) in [4.78, 5) is 14.0. The predicted molar refractivity (Wildman–Crippen MR) is 69.0 cm³/mol. The van der Waals surface area contributed by atoms with Crippen LogP contribution in [0.1, 0.15) is 40.0 Å². The van der Waals surface area contributed by atoms with Crippen LogP contribution in [-0.4, -0.2) is 49.2 Å². The number of nitrogens with one attached hydrogen (secondary N) is 1. The van der Waals surface area contributed by atoms with Gasteiger partial charge in [-0.25, -0.2) is 0 Å². The number of esters is 1. The van der Waals surface area contributed by atoms with Crippen molar-refractivity contribution in [3.63, 3.8) is 0 Å². The van der Waals surface area contributed by atoms with Gasteiger partial charge in [-0.3, -0.25) is 9.69 Å². The molecule has 0 aromatic rings. The molecule has 0 aliphatic carbocycles. The molecule has 4 heteroatoms. The third-order valence-electron chi connectivity index (χ3n) is 3.30. The first kappa shape index (κ1) is 14.5. The Kier molecular flexibility index (Phi) is 6.52. The van der Waals surface area contributed by atoms with Crippen molar-refractivity contribution in [1.29, 1.82) is 0 Å². The second-order valence-electron chi connectivity index (χ2n) is 4.72. The van der Waals surface area contributed by atoms with Crippen LogP contribution in [0.15, 0.2) is 0 Å². The lowest BCUT2D eigenvalue weighted by Crippen LogP contribution is -2.46. The van der Waals surface area contributed by atoms with Gasteiger partial charge in [0.25, 0.3) is 0 Å². The van der Waals surface area contributed by atoms with Gasteiger partial charge >= 0.3 is 5.97 Å². The molecule has 4 nitrogen and oxygen atoms in total. The molecule has 0 radical (unpaired) electrons. The summed E-state index contributed by atoms with van der Waals surface area (Å²) in [7, 11) is 0. The van der Waals surface area contributed by atoms with E-state index < -0.39 is 0 Å². The molecular formula is C13H26N2O2. The minimum Gasteiger partial charge on any atom is -0.465 e. The summed E-state index contributed by atoms with van der Waals surface area (Å²) in [5, 5.41) is 3.48. The third-order valence-corrected chi connectivity index (χ3v) is 3.30. The van der Waals surface area contributed by atoms with Gasteiger partial charge in [-0.05, 0) is 46.2 Å². The standard InChI is InChI=1S/C13H26N2O2/c1-4-9-15(10-12-7-6-8-14-12)11(3)13(16)17-5-2/h11-12,14H,4-10H2,1-3H3. The summed E-state index contributed by atoms with van der Waals surface area (Å²) in [5.41, 5.74) is 0. The molecule has 0 saturated carbocycles. The van der Waals surface area contributed by atoms with Crippen molar-refractivity contribution < 1.29 is 9.53 Å². The van der Waals surface area contributed by atoms with Crippen molar-refractivity contribution >= 4 is 5.97 Å². The predicted octanol–water partition coefficient (Wildman–Crippen LogP) is 1.40. The lowest BCUT2D eigenvalue weighted by Gasteiger charge is -2.29. The molecule has 0 aromatic carbocycles. The summed E-state index contributed by atoms with van der Waals surface area (Å²) in [6.07, 6.45) is 3.53. The minimum atomic E-state index is -0.128. The van der Waals surface area contributed by atoms with E-state index in [-0.39, 0.29) is 12.0 Å². The van der Waals surface area contributed by atoms with Gasteiger partial charge in [0.15, 0.2) is 0 Å². The first-order valence-electron chi connectivity index (χ1n) is 6.83. The Balaban J connectivity index is 2.47. The molecule has 1 N–H and O–H groups in total. The highest BCUT2D eigenvalue weighted by Gasteiger charge is 2.25. The molecule has 0 bridgehead atoms. The number of carbonyl (C=O) groups is 1. The van der Waals surface area contributed by atoms with Gasteiger partial charge in [-0.15, -0.1) is 0 Å². The molecular weight excluding hydrogens is 216 g/mol. The van der Waals surface area contributed by atoms with Gasteiger partial charge in [0.2, 0.25) is 0 Å². The fourth-order valence-corrected chi connectivity index (χ4v) is 2.34. The van der Waals surface area contributed by atoms with E-state index >= 15 is 0 Å².